The van der Waals surface area contributed by atoms with Gasteiger partial charge in [0.2, 0.25) is 11.9 Å². The molecule has 5 rings (SSSR count). The van der Waals surface area contributed by atoms with Crippen LogP contribution in [-0.2, 0) is 11.3 Å². The molecule has 1 amide bonds. The van der Waals surface area contributed by atoms with Crippen molar-refractivity contribution in [2.24, 2.45) is 0 Å². The van der Waals surface area contributed by atoms with Gasteiger partial charge >= 0.3 is 0 Å². The molecule has 0 radical (unpaired) electrons. The number of aromatic nitrogens is 4. The minimum absolute atomic E-state index is 0.0962. The molecule has 0 bridgehead atoms. The predicted molar refractivity (Wildman–Crippen MR) is 130 cm³/mol. The number of carbonyl (C=O) groups is 1. The molecule has 2 N–H and O–H groups in total. The Bertz CT molecular complexity index is 1310. The van der Waals surface area contributed by atoms with Crippen LogP contribution in [0.5, 0.6) is 0 Å². The molecule has 2 aromatic carbocycles. The molecule has 2 aromatic heterocycles. The van der Waals surface area contributed by atoms with E-state index < -0.39 is 0 Å². The van der Waals surface area contributed by atoms with Gasteiger partial charge in [-0.05, 0) is 18.6 Å². The maximum absolute atomic E-state index is 11.7. The van der Waals surface area contributed by atoms with Crippen molar-refractivity contribution in [3.8, 4) is 11.3 Å². The summed E-state index contributed by atoms with van der Waals surface area (Å²) < 4.78 is 1.80. The number of rotatable bonds is 4. The summed E-state index contributed by atoms with van der Waals surface area (Å²) in [6.45, 7) is 6.89. The second-order valence-electron chi connectivity index (χ2n) is 8.46. The van der Waals surface area contributed by atoms with E-state index in [0.717, 1.165) is 27.8 Å². The number of amides is 1. The second-order valence-corrected chi connectivity index (χ2v) is 8.46. The van der Waals surface area contributed by atoms with Gasteiger partial charge in [-0.25, -0.2) is 9.67 Å². The zero-order valence-corrected chi connectivity index (χ0v) is 18.9. The molecule has 0 atom stereocenters. The highest BCUT2D eigenvalue weighted by Crippen LogP contribution is 2.33. The first-order valence-electron chi connectivity index (χ1n) is 11.1. The zero-order chi connectivity index (χ0) is 22.9. The van der Waals surface area contributed by atoms with E-state index in [1.165, 1.54) is 0 Å². The normalized spacial score (nSPS) is 14.1. The summed E-state index contributed by atoms with van der Waals surface area (Å²) in [6.07, 6.45) is 0. The molecule has 1 fully saturated rings. The summed E-state index contributed by atoms with van der Waals surface area (Å²) in [6, 6.07) is 18.3. The first kappa shape index (κ1) is 20.9. The fourth-order valence-corrected chi connectivity index (χ4v) is 4.28. The van der Waals surface area contributed by atoms with Gasteiger partial charge in [0.25, 0.3) is 0 Å². The molecule has 0 spiro atoms. The van der Waals surface area contributed by atoms with Crippen LogP contribution in [0.15, 0.2) is 54.6 Å². The van der Waals surface area contributed by atoms with Crippen molar-refractivity contribution in [1.29, 1.82) is 0 Å². The van der Waals surface area contributed by atoms with Gasteiger partial charge in [-0.3, -0.25) is 4.79 Å². The molecule has 8 nitrogen and oxygen atoms in total. The quantitative estimate of drug-likeness (QED) is 0.523. The van der Waals surface area contributed by atoms with Crippen LogP contribution in [0.2, 0.25) is 0 Å². The van der Waals surface area contributed by atoms with E-state index in [4.69, 9.17) is 20.8 Å². The smallest absolute Gasteiger partial charge is 0.228 e. The number of hydrogen-bond acceptors (Lipinski definition) is 6. The first-order chi connectivity index (χ1) is 16.0. The van der Waals surface area contributed by atoms with E-state index in [9.17, 15) is 4.79 Å². The molecule has 4 aromatic rings. The predicted octanol–water partition coefficient (Wildman–Crippen LogP) is 3.10. The fraction of sp³-hybridized carbons (Fsp3) is 0.280. The standard InChI is InChI=1S/C25H27N7O/c1-17-7-6-10-20(15-17)22-21-23(26)32(16-19-8-4-3-5-9-19)29-24(21)28-25(27-22)31-13-11-30(12-14-31)18(2)33/h3-10,15H,11-14,16,26H2,1-2H3. The Kier molecular flexibility index (Phi) is 5.42. The van der Waals surface area contributed by atoms with E-state index in [-0.39, 0.29) is 5.91 Å². The van der Waals surface area contributed by atoms with Crippen LogP contribution in [-0.4, -0.2) is 56.7 Å². The summed E-state index contributed by atoms with van der Waals surface area (Å²) in [5, 5.41) is 5.53. The van der Waals surface area contributed by atoms with Crippen LogP contribution in [0.1, 0.15) is 18.1 Å². The van der Waals surface area contributed by atoms with Gasteiger partial charge in [0.15, 0.2) is 5.65 Å². The van der Waals surface area contributed by atoms with Gasteiger partial charge in [0, 0.05) is 38.7 Å². The fourth-order valence-electron chi connectivity index (χ4n) is 4.28. The molecule has 33 heavy (non-hydrogen) atoms. The van der Waals surface area contributed by atoms with Crippen molar-refractivity contribution >= 4 is 28.7 Å². The van der Waals surface area contributed by atoms with Gasteiger partial charge in [-0.1, -0.05) is 54.1 Å². The lowest BCUT2D eigenvalue weighted by Crippen LogP contribution is -2.48. The Morgan fingerprint density at radius 3 is 2.45 bits per heavy atom. The Morgan fingerprint density at radius 1 is 1.00 bits per heavy atom. The van der Waals surface area contributed by atoms with E-state index >= 15 is 0 Å². The lowest BCUT2D eigenvalue weighted by molar-refractivity contribution is -0.129. The van der Waals surface area contributed by atoms with Crippen LogP contribution >= 0.6 is 0 Å². The Morgan fingerprint density at radius 2 is 1.76 bits per heavy atom. The third-order valence-corrected chi connectivity index (χ3v) is 6.10. The topological polar surface area (TPSA) is 93.2 Å². The van der Waals surface area contributed by atoms with Crippen molar-refractivity contribution in [3.63, 3.8) is 0 Å². The molecule has 0 unspecified atom stereocenters. The first-order valence-corrected chi connectivity index (χ1v) is 11.1. The number of carbonyl (C=O) groups excluding carboxylic acids is 1. The second kappa shape index (κ2) is 8.54. The third-order valence-electron chi connectivity index (χ3n) is 6.10. The number of anilines is 2. The highest BCUT2D eigenvalue weighted by atomic mass is 16.2. The number of fused-ring (bicyclic) bond motifs is 1. The van der Waals surface area contributed by atoms with Crippen molar-refractivity contribution in [2.75, 3.05) is 36.8 Å². The number of piperazine rings is 1. The van der Waals surface area contributed by atoms with Gasteiger partial charge in [-0.15, -0.1) is 5.10 Å². The number of aryl methyl sites for hydroxylation is 1. The van der Waals surface area contributed by atoms with Crippen molar-refractivity contribution < 1.29 is 4.79 Å². The summed E-state index contributed by atoms with van der Waals surface area (Å²) in [5.41, 5.74) is 11.2. The largest absolute Gasteiger partial charge is 0.383 e. The van der Waals surface area contributed by atoms with Crippen LogP contribution in [0.25, 0.3) is 22.3 Å². The highest BCUT2D eigenvalue weighted by Gasteiger charge is 2.24. The lowest BCUT2D eigenvalue weighted by atomic mass is 10.1. The minimum atomic E-state index is 0.0962. The average molecular weight is 442 g/mol. The molecule has 8 heteroatoms. The number of nitrogens with zero attached hydrogens (tertiary/aromatic N) is 6. The molecule has 0 aliphatic carbocycles. The van der Waals surface area contributed by atoms with Gasteiger partial charge in [0.1, 0.15) is 5.82 Å². The van der Waals surface area contributed by atoms with Crippen molar-refractivity contribution in [1.82, 2.24) is 24.6 Å². The van der Waals surface area contributed by atoms with Crippen LogP contribution in [0.3, 0.4) is 0 Å². The molecule has 1 aliphatic rings. The molecule has 1 aliphatic heterocycles. The third kappa shape index (κ3) is 4.11. The summed E-state index contributed by atoms with van der Waals surface area (Å²) in [5.74, 6) is 1.27. The minimum Gasteiger partial charge on any atom is -0.383 e. The Balaban J connectivity index is 1.60. The van der Waals surface area contributed by atoms with E-state index in [0.29, 0.717) is 50.1 Å². The lowest BCUT2D eigenvalue weighted by Gasteiger charge is -2.34. The SMILES string of the molecule is CC(=O)N1CCN(c2nc(-c3cccc(C)c3)c3c(N)n(Cc4ccccc4)nc3n2)CC1. The zero-order valence-electron chi connectivity index (χ0n) is 18.9. The Hall–Kier alpha value is -3.94. The molecule has 168 valence electrons. The molecule has 0 saturated carbocycles. The van der Waals surface area contributed by atoms with E-state index in [1.807, 2.05) is 35.2 Å². The molecular formula is C25H27N7O. The van der Waals surface area contributed by atoms with E-state index in [1.54, 1.807) is 11.6 Å². The van der Waals surface area contributed by atoms with Crippen LogP contribution in [0.4, 0.5) is 11.8 Å². The Labute approximate surface area is 192 Å². The van der Waals surface area contributed by atoms with Gasteiger partial charge < -0.3 is 15.5 Å². The maximum Gasteiger partial charge on any atom is 0.228 e. The summed E-state index contributed by atoms with van der Waals surface area (Å²) in [7, 11) is 0. The maximum atomic E-state index is 11.7. The number of benzene rings is 2. The number of nitrogens with two attached hydrogens (primary N) is 1. The molecule has 1 saturated heterocycles. The van der Waals surface area contributed by atoms with Crippen LogP contribution < -0.4 is 10.6 Å². The number of nitrogen functional groups attached to an aromatic ring is 1. The number of hydrogen-bond donors (Lipinski definition) is 1. The molecular weight excluding hydrogens is 414 g/mol. The van der Waals surface area contributed by atoms with Gasteiger partial charge in [0.05, 0.1) is 17.6 Å². The molecule has 3 heterocycles. The van der Waals surface area contributed by atoms with Gasteiger partial charge in [-0.2, -0.15) is 4.98 Å². The van der Waals surface area contributed by atoms with Crippen molar-refractivity contribution in [2.45, 2.75) is 20.4 Å². The van der Waals surface area contributed by atoms with Crippen molar-refractivity contribution in [3.05, 3.63) is 65.7 Å². The summed E-state index contributed by atoms with van der Waals surface area (Å²) >= 11 is 0. The van der Waals surface area contributed by atoms with Crippen LogP contribution in [0, 0.1) is 6.92 Å². The average Bonchev–Trinajstić information content (AvgIpc) is 3.14. The van der Waals surface area contributed by atoms with E-state index in [2.05, 4.69) is 36.1 Å². The summed E-state index contributed by atoms with van der Waals surface area (Å²) in [4.78, 5) is 25.5. The monoisotopic (exact) mass is 441 g/mol. The highest BCUT2D eigenvalue weighted by molar-refractivity contribution is 5.99.